The molecule has 11 heteroatoms. The van der Waals surface area contributed by atoms with Crippen LogP contribution in [0.5, 0.6) is 0 Å². The van der Waals surface area contributed by atoms with E-state index in [0.717, 1.165) is 12.8 Å². The van der Waals surface area contributed by atoms with Gasteiger partial charge in [0.1, 0.15) is 0 Å². The molecule has 0 spiro atoms. The maximum Gasteiger partial charge on any atom is 0.243 e. The number of nitrogens with one attached hydrogen (secondary N) is 2. The molecule has 8 nitrogen and oxygen atoms in total. The van der Waals surface area contributed by atoms with Crippen LogP contribution < -0.4 is 10.0 Å². The molecule has 31 heavy (non-hydrogen) atoms. The summed E-state index contributed by atoms with van der Waals surface area (Å²) >= 11 is 5.77. The van der Waals surface area contributed by atoms with E-state index in [0.29, 0.717) is 23.7 Å². The van der Waals surface area contributed by atoms with Crippen molar-refractivity contribution in [2.45, 2.75) is 42.1 Å². The zero-order valence-corrected chi connectivity index (χ0v) is 19.3. The van der Waals surface area contributed by atoms with E-state index >= 15 is 0 Å². The molecule has 0 aliphatic carbocycles. The monoisotopic (exact) mass is 485 g/mol. The zero-order chi connectivity index (χ0) is 22.6. The van der Waals surface area contributed by atoms with Gasteiger partial charge in [-0.25, -0.2) is 16.8 Å². The summed E-state index contributed by atoms with van der Waals surface area (Å²) in [6.45, 7) is 2.64. The van der Waals surface area contributed by atoms with Crippen molar-refractivity contribution in [3.63, 3.8) is 0 Å². The fraction of sp³-hybridized carbons (Fsp3) is 0.350. The molecule has 0 aromatic heterocycles. The summed E-state index contributed by atoms with van der Waals surface area (Å²) in [4.78, 5) is 12.5. The Morgan fingerprint density at radius 3 is 2.10 bits per heavy atom. The zero-order valence-electron chi connectivity index (χ0n) is 16.9. The highest BCUT2D eigenvalue weighted by Gasteiger charge is 2.27. The topological polar surface area (TPSA) is 113 Å². The fourth-order valence-corrected chi connectivity index (χ4v) is 6.01. The predicted molar refractivity (Wildman–Crippen MR) is 118 cm³/mol. The van der Waals surface area contributed by atoms with Crippen molar-refractivity contribution >= 4 is 37.6 Å². The van der Waals surface area contributed by atoms with Crippen LogP contribution in [0.25, 0.3) is 0 Å². The molecule has 168 valence electrons. The molecule has 1 aliphatic rings. The molecule has 1 unspecified atom stereocenters. The van der Waals surface area contributed by atoms with Crippen molar-refractivity contribution < 1.29 is 21.6 Å². The quantitative estimate of drug-likeness (QED) is 0.594. The van der Waals surface area contributed by atoms with E-state index < -0.39 is 32.0 Å². The third kappa shape index (κ3) is 5.83. The summed E-state index contributed by atoms with van der Waals surface area (Å²) < 4.78 is 53.7. The highest BCUT2D eigenvalue weighted by atomic mass is 35.5. The lowest BCUT2D eigenvalue weighted by atomic mass is 10.2. The van der Waals surface area contributed by atoms with Gasteiger partial charge in [-0.15, -0.1) is 0 Å². The normalized spacial score (nSPS) is 16.2. The molecule has 0 bridgehead atoms. The standard InChI is InChI=1S/C20H24ClN3O5S2/c1-15(23-30(26,27)18-10-6-17(21)7-11-18)20(25)22-14-16-4-8-19(9-5-16)31(28,29)24-12-2-3-13-24/h4-11,15,23H,2-3,12-14H2,1H3,(H,22,25). The first-order chi connectivity index (χ1) is 14.6. The molecule has 2 aromatic rings. The van der Waals surface area contributed by atoms with Gasteiger partial charge in [-0.05, 0) is 61.7 Å². The van der Waals surface area contributed by atoms with Crippen LogP contribution in [0, 0.1) is 0 Å². The van der Waals surface area contributed by atoms with Crippen molar-refractivity contribution in [2.75, 3.05) is 13.1 Å². The van der Waals surface area contributed by atoms with Crippen LogP contribution in [0.2, 0.25) is 5.02 Å². The SMILES string of the molecule is CC(NS(=O)(=O)c1ccc(Cl)cc1)C(=O)NCc1ccc(S(=O)(=O)N2CCCC2)cc1. The van der Waals surface area contributed by atoms with Gasteiger partial charge >= 0.3 is 0 Å². The number of carbonyl (C=O) groups excluding carboxylic acids is 1. The summed E-state index contributed by atoms with van der Waals surface area (Å²) in [5.41, 5.74) is 0.696. The molecule has 1 saturated heterocycles. The van der Waals surface area contributed by atoms with Crippen molar-refractivity contribution in [1.82, 2.24) is 14.3 Å². The maximum atomic E-state index is 12.6. The minimum absolute atomic E-state index is 0.00588. The average molecular weight is 486 g/mol. The van der Waals surface area contributed by atoms with E-state index in [2.05, 4.69) is 10.0 Å². The number of benzene rings is 2. The van der Waals surface area contributed by atoms with Crippen molar-refractivity contribution in [2.24, 2.45) is 0 Å². The number of halogens is 1. The van der Waals surface area contributed by atoms with Gasteiger partial charge in [-0.1, -0.05) is 23.7 Å². The molecular weight excluding hydrogens is 462 g/mol. The molecule has 0 saturated carbocycles. The van der Waals surface area contributed by atoms with E-state index in [9.17, 15) is 21.6 Å². The highest BCUT2D eigenvalue weighted by molar-refractivity contribution is 7.89. The van der Waals surface area contributed by atoms with E-state index in [1.807, 2.05) is 0 Å². The van der Waals surface area contributed by atoms with Gasteiger partial charge in [0.2, 0.25) is 26.0 Å². The van der Waals surface area contributed by atoms with Crippen molar-refractivity contribution in [1.29, 1.82) is 0 Å². The lowest BCUT2D eigenvalue weighted by Gasteiger charge is -2.16. The van der Waals surface area contributed by atoms with Gasteiger partial charge in [0.25, 0.3) is 0 Å². The first-order valence-electron chi connectivity index (χ1n) is 9.74. The summed E-state index contributed by atoms with van der Waals surface area (Å²) in [6.07, 6.45) is 1.73. The Hall–Kier alpha value is -1.98. The molecule has 1 aliphatic heterocycles. The summed E-state index contributed by atoms with van der Waals surface area (Å²) in [5.74, 6) is -0.508. The molecule has 0 radical (unpaired) electrons. The Morgan fingerprint density at radius 1 is 0.968 bits per heavy atom. The third-order valence-corrected chi connectivity index (χ3v) is 8.66. The van der Waals surface area contributed by atoms with E-state index in [1.54, 1.807) is 12.1 Å². The number of carbonyl (C=O) groups is 1. The Kier molecular flexibility index (Phi) is 7.38. The lowest BCUT2D eigenvalue weighted by molar-refractivity contribution is -0.122. The summed E-state index contributed by atoms with van der Waals surface area (Å²) in [5, 5.41) is 3.05. The Morgan fingerprint density at radius 2 is 1.52 bits per heavy atom. The Bertz CT molecular complexity index is 1130. The van der Waals surface area contributed by atoms with Crippen LogP contribution in [0.4, 0.5) is 0 Å². The minimum Gasteiger partial charge on any atom is -0.351 e. The molecular formula is C20H24ClN3O5S2. The van der Waals surface area contributed by atoms with Crippen LogP contribution in [0.15, 0.2) is 58.3 Å². The van der Waals surface area contributed by atoms with Gasteiger partial charge in [0.05, 0.1) is 15.8 Å². The van der Waals surface area contributed by atoms with Gasteiger partial charge in [-0.2, -0.15) is 9.03 Å². The van der Waals surface area contributed by atoms with E-state index in [-0.39, 0.29) is 16.3 Å². The molecule has 1 amide bonds. The van der Waals surface area contributed by atoms with E-state index in [4.69, 9.17) is 11.6 Å². The second kappa shape index (κ2) is 9.66. The number of nitrogens with zero attached hydrogens (tertiary/aromatic N) is 1. The van der Waals surface area contributed by atoms with Crippen molar-refractivity contribution in [3.8, 4) is 0 Å². The van der Waals surface area contributed by atoms with Gasteiger partial charge in [0.15, 0.2) is 0 Å². The summed E-state index contributed by atoms with van der Waals surface area (Å²) in [7, 11) is -7.36. The van der Waals surface area contributed by atoms with Gasteiger partial charge in [0, 0.05) is 24.7 Å². The number of sulfonamides is 2. The Balaban J connectivity index is 1.57. The predicted octanol–water partition coefficient (Wildman–Crippen LogP) is 2.11. The number of rotatable bonds is 8. The third-order valence-electron chi connectivity index (χ3n) is 4.94. The molecule has 1 fully saturated rings. The first-order valence-corrected chi connectivity index (χ1v) is 13.0. The van der Waals surface area contributed by atoms with Crippen LogP contribution in [0.1, 0.15) is 25.3 Å². The number of hydrogen-bond acceptors (Lipinski definition) is 5. The maximum absolute atomic E-state index is 12.6. The largest absolute Gasteiger partial charge is 0.351 e. The van der Waals surface area contributed by atoms with E-state index in [1.165, 1.54) is 47.6 Å². The van der Waals surface area contributed by atoms with Gasteiger partial charge < -0.3 is 5.32 Å². The summed E-state index contributed by atoms with van der Waals surface area (Å²) in [6, 6.07) is 10.9. The number of hydrogen-bond donors (Lipinski definition) is 2. The first kappa shape index (κ1) is 23.7. The fourth-order valence-electron chi connectivity index (χ4n) is 3.17. The molecule has 1 atom stereocenters. The minimum atomic E-state index is -3.88. The molecule has 2 aromatic carbocycles. The smallest absolute Gasteiger partial charge is 0.243 e. The lowest BCUT2D eigenvalue weighted by Crippen LogP contribution is -2.44. The van der Waals surface area contributed by atoms with Crippen molar-refractivity contribution in [3.05, 3.63) is 59.1 Å². The van der Waals surface area contributed by atoms with Crippen LogP contribution in [0.3, 0.4) is 0 Å². The van der Waals surface area contributed by atoms with Crippen LogP contribution in [-0.4, -0.2) is 46.2 Å². The highest BCUT2D eigenvalue weighted by Crippen LogP contribution is 2.21. The van der Waals surface area contributed by atoms with Crippen LogP contribution in [-0.2, 0) is 31.4 Å². The molecule has 1 heterocycles. The molecule has 3 rings (SSSR count). The Labute approximate surface area is 187 Å². The number of amides is 1. The second-order valence-electron chi connectivity index (χ2n) is 7.27. The van der Waals surface area contributed by atoms with Gasteiger partial charge in [-0.3, -0.25) is 4.79 Å². The molecule has 2 N–H and O–H groups in total. The van der Waals surface area contributed by atoms with Crippen LogP contribution >= 0.6 is 11.6 Å². The average Bonchev–Trinajstić information content (AvgIpc) is 3.28. The second-order valence-corrected chi connectivity index (χ2v) is 11.4.